The molecular formula is C23H18FN9O3. The fourth-order valence-electron chi connectivity index (χ4n) is 3.64. The third-order valence-corrected chi connectivity index (χ3v) is 5.36. The first-order chi connectivity index (χ1) is 17.6. The largest absolute Gasteiger partial charge is 0.495 e. The van der Waals surface area contributed by atoms with Gasteiger partial charge >= 0.3 is 0 Å². The quantitative estimate of drug-likeness (QED) is 0.344. The van der Waals surface area contributed by atoms with Crippen LogP contribution in [0.15, 0.2) is 55.1 Å². The maximum Gasteiger partial charge on any atom is 0.165 e. The summed E-state index contributed by atoms with van der Waals surface area (Å²) in [5, 5.41) is 34.8. The summed E-state index contributed by atoms with van der Waals surface area (Å²) in [7, 11) is 1.48. The first kappa shape index (κ1) is 22.8. The third-order valence-electron chi connectivity index (χ3n) is 5.36. The normalized spacial score (nSPS) is 11.8. The van der Waals surface area contributed by atoms with Crippen molar-refractivity contribution in [2.75, 3.05) is 13.7 Å². The number of methoxy groups -OCH3 is 1. The Morgan fingerprint density at radius 1 is 1.17 bits per heavy atom. The van der Waals surface area contributed by atoms with E-state index in [2.05, 4.69) is 36.7 Å². The maximum absolute atomic E-state index is 14.6. The van der Waals surface area contributed by atoms with Gasteiger partial charge in [-0.2, -0.15) is 10.4 Å². The van der Waals surface area contributed by atoms with Gasteiger partial charge in [-0.15, -0.1) is 5.10 Å². The number of hydrogen-bond acceptors (Lipinski definition) is 10. The Morgan fingerprint density at radius 3 is 2.81 bits per heavy atom. The van der Waals surface area contributed by atoms with E-state index in [0.29, 0.717) is 34.0 Å². The molecule has 4 heterocycles. The van der Waals surface area contributed by atoms with Gasteiger partial charge < -0.3 is 14.6 Å². The Kier molecular flexibility index (Phi) is 6.16. The Balaban J connectivity index is 1.51. The molecular weight excluding hydrogens is 469 g/mol. The van der Waals surface area contributed by atoms with Crippen LogP contribution in [0.2, 0.25) is 0 Å². The van der Waals surface area contributed by atoms with Crippen LogP contribution in [0.3, 0.4) is 0 Å². The van der Waals surface area contributed by atoms with E-state index in [9.17, 15) is 14.8 Å². The highest BCUT2D eigenvalue weighted by Gasteiger charge is 2.19. The molecule has 0 radical (unpaired) electrons. The molecule has 180 valence electrons. The van der Waals surface area contributed by atoms with Crippen LogP contribution >= 0.6 is 0 Å². The molecule has 13 heteroatoms. The fraction of sp³-hybridized carbons (Fsp3) is 0.174. The first-order valence-electron chi connectivity index (χ1n) is 10.7. The zero-order valence-electron chi connectivity index (χ0n) is 18.9. The summed E-state index contributed by atoms with van der Waals surface area (Å²) in [6.07, 6.45) is 3.70. The molecule has 0 spiro atoms. The van der Waals surface area contributed by atoms with Crippen molar-refractivity contribution in [2.45, 2.75) is 12.6 Å². The van der Waals surface area contributed by atoms with Gasteiger partial charge in [-0.1, -0.05) is 0 Å². The standard InChI is InChI=1S/C23H18FN9O3/c1-35-20-6-7-26-23(16(20)9-25)19-10-27-22-5-4-18(29-33(19)22)14-2-3-17(24)21(8-14)36-15(12-34)11-32-13-28-30-31-32/h2-8,10,13,15,34H,11-12H2,1H3/t15-/m1/s1. The van der Waals surface area contributed by atoms with Gasteiger partial charge in [-0.05, 0) is 46.8 Å². The first-order valence-corrected chi connectivity index (χ1v) is 10.7. The number of nitrogens with zero attached hydrogens (tertiary/aromatic N) is 9. The molecule has 4 aromatic heterocycles. The summed E-state index contributed by atoms with van der Waals surface area (Å²) in [6.45, 7) is -0.245. The molecule has 1 N–H and O–H groups in total. The van der Waals surface area contributed by atoms with E-state index in [1.807, 2.05) is 0 Å². The molecule has 0 bridgehead atoms. The van der Waals surface area contributed by atoms with Crippen LogP contribution in [0.4, 0.5) is 4.39 Å². The number of imidazole rings is 1. The molecule has 5 aromatic rings. The zero-order chi connectivity index (χ0) is 25.1. The van der Waals surface area contributed by atoms with E-state index >= 15 is 0 Å². The lowest BCUT2D eigenvalue weighted by molar-refractivity contribution is 0.0940. The molecule has 0 amide bonds. The number of rotatable bonds is 8. The smallest absolute Gasteiger partial charge is 0.165 e. The minimum atomic E-state index is -0.780. The van der Waals surface area contributed by atoms with Crippen molar-refractivity contribution in [3.05, 3.63) is 66.5 Å². The summed E-state index contributed by atoms with van der Waals surface area (Å²) >= 11 is 0. The van der Waals surface area contributed by atoms with Gasteiger partial charge in [0, 0.05) is 11.8 Å². The molecule has 36 heavy (non-hydrogen) atoms. The Morgan fingerprint density at radius 2 is 2.06 bits per heavy atom. The molecule has 0 saturated heterocycles. The summed E-state index contributed by atoms with van der Waals surface area (Å²) in [5.41, 5.74) is 2.69. The second-order valence-electron chi connectivity index (χ2n) is 7.58. The van der Waals surface area contributed by atoms with Crippen LogP contribution in [0.1, 0.15) is 5.56 Å². The minimum Gasteiger partial charge on any atom is -0.495 e. The van der Waals surface area contributed by atoms with Crippen LogP contribution in [0, 0.1) is 17.1 Å². The highest BCUT2D eigenvalue weighted by atomic mass is 19.1. The van der Waals surface area contributed by atoms with Crippen molar-refractivity contribution >= 4 is 5.65 Å². The minimum absolute atomic E-state index is 0.0615. The number of nitriles is 1. The van der Waals surface area contributed by atoms with Gasteiger partial charge in [-0.3, -0.25) is 4.98 Å². The zero-order valence-corrected chi connectivity index (χ0v) is 18.9. The molecule has 0 aliphatic heterocycles. The predicted octanol–water partition coefficient (Wildman–Crippen LogP) is 1.90. The molecule has 12 nitrogen and oxygen atoms in total. The average molecular weight is 487 g/mol. The van der Waals surface area contributed by atoms with E-state index < -0.39 is 11.9 Å². The molecule has 0 aliphatic rings. The van der Waals surface area contributed by atoms with Crippen LogP contribution in [-0.2, 0) is 6.54 Å². The molecule has 5 rings (SSSR count). The number of benzene rings is 1. The fourth-order valence-corrected chi connectivity index (χ4v) is 3.64. The lowest BCUT2D eigenvalue weighted by Crippen LogP contribution is -2.27. The number of halogens is 1. The number of ether oxygens (including phenoxy) is 2. The molecule has 0 unspecified atom stereocenters. The van der Waals surface area contributed by atoms with E-state index in [4.69, 9.17) is 9.47 Å². The molecule has 1 aromatic carbocycles. The third kappa shape index (κ3) is 4.28. The number of aromatic nitrogens is 8. The summed E-state index contributed by atoms with van der Waals surface area (Å²) in [4.78, 5) is 8.70. The second-order valence-corrected chi connectivity index (χ2v) is 7.58. The van der Waals surface area contributed by atoms with E-state index in [0.717, 1.165) is 0 Å². The van der Waals surface area contributed by atoms with Crippen LogP contribution in [0.25, 0.3) is 28.3 Å². The number of fused-ring (bicyclic) bond motifs is 1. The Bertz CT molecular complexity index is 1560. The molecule has 0 fully saturated rings. The Labute approximate surface area is 203 Å². The summed E-state index contributed by atoms with van der Waals surface area (Å²) in [5.74, 6) is -0.278. The second kappa shape index (κ2) is 9.72. The van der Waals surface area contributed by atoms with Gasteiger partial charge in [0.1, 0.15) is 41.2 Å². The SMILES string of the molecule is COc1ccnc(-c2cnc3ccc(-c4ccc(F)c(O[C@@H](CO)Cn5cnnn5)c4)nn23)c1C#N. The monoisotopic (exact) mass is 487 g/mol. The topological polar surface area (TPSA) is 149 Å². The van der Waals surface area contributed by atoms with Gasteiger partial charge in [0.15, 0.2) is 17.2 Å². The predicted molar refractivity (Wildman–Crippen MR) is 122 cm³/mol. The summed E-state index contributed by atoms with van der Waals surface area (Å²) in [6, 6.07) is 11.5. The number of aliphatic hydroxyl groups is 1. The van der Waals surface area contributed by atoms with Crippen LogP contribution in [0.5, 0.6) is 11.5 Å². The van der Waals surface area contributed by atoms with E-state index in [1.165, 1.54) is 36.4 Å². The number of tetrazole rings is 1. The van der Waals surface area contributed by atoms with Gasteiger partial charge in [0.25, 0.3) is 0 Å². The highest BCUT2D eigenvalue weighted by Crippen LogP contribution is 2.30. The average Bonchev–Trinajstić information content (AvgIpc) is 3.58. The maximum atomic E-state index is 14.6. The van der Waals surface area contributed by atoms with Gasteiger partial charge in [0.2, 0.25) is 0 Å². The Hall–Kier alpha value is -4.96. The van der Waals surface area contributed by atoms with Crippen LogP contribution < -0.4 is 9.47 Å². The number of hydrogen-bond donors (Lipinski definition) is 1. The van der Waals surface area contributed by atoms with Crippen molar-refractivity contribution in [3.63, 3.8) is 0 Å². The van der Waals surface area contributed by atoms with Gasteiger partial charge in [0.05, 0.1) is 32.2 Å². The van der Waals surface area contributed by atoms with Crippen molar-refractivity contribution in [3.8, 4) is 40.2 Å². The lowest BCUT2D eigenvalue weighted by atomic mass is 10.1. The summed E-state index contributed by atoms with van der Waals surface area (Å²) < 4.78 is 28.5. The van der Waals surface area contributed by atoms with Crippen LogP contribution in [-0.4, -0.2) is 64.7 Å². The van der Waals surface area contributed by atoms with E-state index in [1.54, 1.807) is 35.0 Å². The molecule has 1 atom stereocenters. The number of pyridine rings is 1. The number of aliphatic hydroxyl groups excluding tert-OH is 1. The van der Waals surface area contributed by atoms with Crippen molar-refractivity contribution in [2.24, 2.45) is 0 Å². The van der Waals surface area contributed by atoms with Crippen molar-refractivity contribution in [1.29, 1.82) is 5.26 Å². The van der Waals surface area contributed by atoms with Gasteiger partial charge in [-0.25, -0.2) is 18.6 Å². The van der Waals surface area contributed by atoms with E-state index in [-0.39, 0.29) is 24.5 Å². The molecule has 0 aliphatic carbocycles. The lowest BCUT2D eigenvalue weighted by Gasteiger charge is -2.17. The molecule has 0 saturated carbocycles. The van der Waals surface area contributed by atoms with Crippen molar-refractivity contribution < 1.29 is 19.0 Å². The van der Waals surface area contributed by atoms with Crippen molar-refractivity contribution in [1.82, 2.24) is 39.8 Å². The highest BCUT2D eigenvalue weighted by molar-refractivity contribution is 5.70.